The molecular formula is C43H70O4. The Morgan fingerprint density at radius 3 is 1.49 bits per heavy atom. The summed E-state index contributed by atoms with van der Waals surface area (Å²) in [4.78, 5) is 23.4. The van der Waals surface area contributed by atoms with Crippen LogP contribution in [0.25, 0.3) is 0 Å². The first-order chi connectivity index (χ1) is 23.1. The summed E-state index contributed by atoms with van der Waals surface area (Å²) in [5, 5.41) is 8.93. The van der Waals surface area contributed by atoms with Gasteiger partial charge in [-0.3, -0.25) is 9.59 Å². The number of ether oxygens (including phenoxy) is 1. The molecule has 0 heterocycles. The van der Waals surface area contributed by atoms with Gasteiger partial charge < -0.3 is 9.84 Å². The van der Waals surface area contributed by atoms with Gasteiger partial charge in [-0.1, -0.05) is 144 Å². The van der Waals surface area contributed by atoms with Crippen molar-refractivity contribution in [3.8, 4) is 0 Å². The largest absolute Gasteiger partial charge is 0.481 e. The third-order valence-electron chi connectivity index (χ3n) is 7.84. The average molecular weight is 651 g/mol. The molecule has 0 aliphatic heterocycles. The van der Waals surface area contributed by atoms with Gasteiger partial charge in [-0.05, 0) is 96.0 Å². The SMILES string of the molecule is CC/C=C\C/C=C\C/C=C\C/C=C\C/C=C\C(CCCCC(=O)O)OC(=O)CCCCCCCCC/C=C\C/C=C\CCCCCC. The van der Waals surface area contributed by atoms with Crippen molar-refractivity contribution in [1.29, 1.82) is 0 Å². The quantitative estimate of drug-likeness (QED) is 0.0436. The van der Waals surface area contributed by atoms with E-state index in [9.17, 15) is 9.59 Å². The van der Waals surface area contributed by atoms with E-state index in [2.05, 4.69) is 86.8 Å². The van der Waals surface area contributed by atoms with Gasteiger partial charge >= 0.3 is 11.9 Å². The lowest BCUT2D eigenvalue weighted by Gasteiger charge is -2.14. The second-order valence-electron chi connectivity index (χ2n) is 12.4. The molecule has 0 amide bonds. The van der Waals surface area contributed by atoms with Crippen molar-refractivity contribution in [3.05, 3.63) is 85.1 Å². The molecule has 0 aliphatic carbocycles. The molecule has 4 nitrogen and oxygen atoms in total. The van der Waals surface area contributed by atoms with Gasteiger partial charge in [0.15, 0.2) is 0 Å². The summed E-state index contributed by atoms with van der Waals surface area (Å²) in [7, 11) is 0. The number of aliphatic carboxylic acids is 1. The molecule has 1 unspecified atom stereocenters. The lowest BCUT2D eigenvalue weighted by molar-refractivity contribution is -0.147. The van der Waals surface area contributed by atoms with Gasteiger partial charge in [0.1, 0.15) is 6.10 Å². The summed E-state index contributed by atoms with van der Waals surface area (Å²) in [6.45, 7) is 4.40. The van der Waals surface area contributed by atoms with E-state index >= 15 is 0 Å². The molecule has 0 aromatic rings. The van der Waals surface area contributed by atoms with Crippen molar-refractivity contribution >= 4 is 11.9 Å². The Hall–Kier alpha value is -2.88. The summed E-state index contributed by atoms with van der Waals surface area (Å²) in [6.07, 6.45) is 54.6. The van der Waals surface area contributed by atoms with Crippen molar-refractivity contribution in [2.75, 3.05) is 0 Å². The van der Waals surface area contributed by atoms with Crippen LogP contribution in [0.5, 0.6) is 0 Å². The summed E-state index contributed by atoms with van der Waals surface area (Å²) in [5.74, 6) is -0.927. The lowest BCUT2D eigenvalue weighted by atomic mass is 10.1. The number of carboxylic acids is 1. The summed E-state index contributed by atoms with van der Waals surface area (Å²) in [6, 6.07) is 0. The maximum Gasteiger partial charge on any atom is 0.306 e. The van der Waals surface area contributed by atoms with Gasteiger partial charge in [0, 0.05) is 12.8 Å². The average Bonchev–Trinajstić information content (AvgIpc) is 3.06. The maximum absolute atomic E-state index is 12.5. The molecule has 0 fully saturated rings. The molecule has 0 aromatic heterocycles. The monoisotopic (exact) mass is 651 g/mol. The van der Waals surface area contributed by atoms with Crippen LogP contribution in [0, 0.1) is 0 Å². The second kappa shape index (κ2) is 37.6. The predicted octanol–water partition coefficient (Wildman–Crippen LogP) is 13.3. The van der Waals surface area contributed by atoms with E-state index < -0.39 is 5.97 Å². The minimum absolute atomic E-state index is 0.146. The van der Waals surface area contributed by atoms with Crippen molar-refractivity contribution in [2.24, 2.45) is 0 Å². The normalized spacial score (nSPS) is 13.2. The van der Waals surface area contributed by atoms with Crippen LogP contribution in [0.4, 0.5) is 0 Å². The zero-order valence-electron chi connectivity index (χ0n) is 30.3. The van der Waals surface area contributed by atoms with Crippen LogP contribution in [0.2, 0.25) is 0 Å². The number of carbonyl (C=O) groups excluding carboxylic acids is 1. The Kier molecular flexibility index (Phi) is 35.3. The van der Waals surface area contributed by atoms with Crippen LogP contribution in [0.1, 0.15) is 168 Å². The fourth-order valence-corrected chi connectivity index (χ4v) is 5.04. The molecule has 47 heavy (non-hydrogen) atoms. The summed E-state index contributed by atoms with van der Waals surface area (Å²) in [5.41, 5.74) is 0. The molecule has 4 heteroatoms. The molecule has 0 spiro atoms. The van der Waals surface area contributed by atoms with Crippen LogP contribution in [0.3, 0.4) is 0 Å². The Labute approximate surface area is 289 Å². The molecule has 0 saturated heterocycles. The molecule has 0 aliphatic rings. The molecule has 1 N–H and O–H groups in total. The van der Waals surface area contributed by atoms with Gasteiger partial charge in [0.25, 0.3) is 0 Å². The highest BCUT2D eigenvalue weighted by Crippen LogP contribution is 2.14. The molecule has 0 aromatic carbocycles. The van der Waals surface area contributed by atoms with Crippen LogP contribution in [-0.2, 0) is 14.3 Å². The number of allylic oxidation sites excluding steroid dienone is 13. The minimum atomic E-state index is -0.781. The summed E-state index contributed by atoms with van der Waals surface area (Å²) >= 11 is 0. The highest BCUT2D eigenvalue weighted by Gasteiger charge is 2.11. The van der Waals surface area contributed by atoms with Crippen molar-refractivity contribution in [3.63, 3.8) is 0 Å². The molecule has 0 rings (SSSR count). The van der Waals surface area contributed by atoms with Crippen LogP contribution in [-0.4, -0.2) is 23.1 Å². The summed E-state index contributed by atoms with van der Waals surface area (Å²) < 4.78 is 5.77. The van der Waals surface area contributed by atoms with Crippen LogP contribution >= 0.6 is 0 Å². The predicted molar refractivity (Wildman–Crippen MR) is 204 cm³/mol. The van der Waals surface area contributed by atoms with E-state index in [1.54, 1.807) is 0 Å². The van der Waals surface area contributed by atoms with E-state index in [0.717, 1.165) is 57.8 Å². The standard InChI is InChI=1S/C43H70O4/c1-3-5-7-9-11-13-15-17-19-20-21-22-24-26-28-30-32-34-40-43(46)47-41(38-35-36-39-42(44)45)37-33-31-29-27-25-23-18-16-14-12-10-8-6-4-2/h6,8,12-15,18-20,23,27,29,33,37,41H,3-5,7,9-11,16-17,21-22,24-26,28,30-32,34-36,38-40H2,1-2H3,(H,44,45)/b8-6-,14-12-,15-13-,20-19-,23-18-,29-27-,37-33-. The number of carboxylic acid groups (broad SMARTS) is 1. The molecule has 0 saturated carbocycles. The van der Waals surface area contributed by atoms with E-state index in [1.807, 2.05) is 12.2 Å². The number of unbranched alkanes of at least 4 members (excludes halogenated alkanes) is 12. The number of rotatable bonds is 33. The number of hydrogen-bond acceptors (Lipinski definition) is 3. The highest BCUT2D eigenvalue weighted by atomic mass is 16.5. The van der Waals surface area contributed by atoms with E-state index in [1.165, 1.54) is 70.6 Å². The van der Waals surface area contributed by atoms with Crippen molar-refractivity contribution in [1.82, 2.24) is 0 Å². The minimum Gasteiger partial charge on any atom is -0.481 e. The van der Waals surface area contributed by atoms with E-state index in [4.69, 9.17) is 9.84 Å². The molecule has 1 atom stereocenters. The number of esters is 1. The molecule has 0 radical (unpaired) electrons. The van der Waals surface area contributed by atoms with Gasteiger partial charge in [-0.15, -0.1) is 0 Å². The fraction of sp³-hybridized carbons (Fsp3) is 0.628. The first-order valence-corrected chi connectivity index (χ1v) is 19.1. The van der Waals surface area contributed by atoms with E-state index in [0.29, 0.717) is 19.3 Å². The third kappa shape index (κ3) is 37.5. The van der Waals surface area contributed by atoms with Crippen molar-refractivity contribution in [2.45, 2.75) is 174 Å². The van der Waals surface area contributed by atoms with Crippen LogP contribution in [0.15, 0.2) is 85.1 Å². The Morgan fingerprint density at radius 2 is 0.957 bits per heavy atom. The zero-order chi connectivity index (χ0) is 34.3. The van der Waals surface area contributed by atoms with Gasteiger partial charge in [-0.2, -0.15) is 0 Å². The fourth-order valence-electron chi connectivity index (χ4n) is 5.04. The second-order valence-corrected chi connectivity index (χ2v) is 12.4. The lowest BCUT2D eigenvalue weighted by Crippen LogP contribution is -2.16. The number of hydrogen-bond donors (Lipinski definition) is 1. The first kappa shape index (κ1) is 44.1. The number of carbonyl (C=O) groups is 2. The van der Waals surface area contributed by atoms with E-state index in [-0.39, 0.29) is 18.5 Å². The maximum atomic E-state index is 12.5. The van der Waals surface area contributed by atoms with Gasteiger partial charge in [0.2, 0.25) is 0 Å². The van der Waals surface area contributed by atoms with Crippen LogP contribution < -0.4 is 0 Å². The highest BCUT2D eigenvalue weighted by molar-refractivity contribution is 5.69. The Balaban J connectivity index is 4.09. The molecule has 0 bridgehead atoms. The topological polar surface area (TPSA) is 63.6 Å². The van der Waals surface area contributed by atoms with Crippen molar-refractivity contribution < 1.29 is 19.4 Å². The molecular weight excluding hydrogens is 580 g/mol. The smallest absolute Gasteiger partial charge is 0.306 e. The van der Waals surface area contributed by atoms with Gasteiger partial charge in [0.05, 0.1) is 0 Å². The molecule has 266 valence electrons. The third-order valence-corrected chi connectivity index (χ3v) is 7.84. The van der Waals surface area contributed by atoms with Gasteiger partial charge in [-0.25, -0.2) is 0 Å². The Morgan fingerprint density at radius 1 is 0.511 bits per heavy atom. The zero-order valence-corrected chi connectivity index (χ0v) is 30.3. The first-order valence-electron chi connectivity index (χ1n) is 19.1. The Bertz CT molecular complexity index is 918.